The second kappa shape index (κ2) is 53.4. The average Bonchev–Trinajstić information content (AvgIpc) is 0.769. The number of carboxylic acid groups (broad SMARTS) is 1. The van der Waals surface area contributed by atoms with Crippen molar-refractivity contribution in [3.8, 4) is 0 Å². The standard InChI is InChI=1S/C74H119N10O52.2Na.H2O/c1-16-24(11-85)122-67(45(106)33(16)94)128-54-31(79-20(5)92)65(125-27(14-88)39(54)100)132-56-43(104)49(110)71(129-52-29(77-18(3)90)63(118-7)123-25(12-86)37(52)98)134-58(56)60(112)81-83-73(116)75-9-22-35(96)41(102)47(108)68(120-22)136-69-48(109)42(103)36(97)23(121-69)10-76-74(117)84-82-61(113)59-57(44(105)50(111)72(135-59)130-53-30(78-19(4)91)64(119-8)124-26(13-87)38(53)99)133-66-32(80-21(6)93)55(40(101)28(15-89)126-66)131-70-46(107)34(95)17(2)51(127-70)62(114)115;;;/h16-17,22-59,63-72,86-89,94-111H,9-10,12-15H2,1-8H3,(H,77,90)(H,78,91)(H,79,92)(H,80,93)(H,81,112)(H,82,113)(H,114,115)(H2,75,83,116)(H2,76,84,117);;;1H2/q-1;2*+1;/p-2/t16-,17+,22?,23?,24?,25?,26?,27?,28?,29?,30?,31?,32?,33+,34+,35-,36-,37-,38-,39-,40-,41+,42+,43-,44-,45?,46?,47?,48?,49+,50?,51?,52-,53-,54-,55-,56+,57+,58?,59?,63-,64-,65+,66+,67+,68-,69-,70+,71?,72-;;;/m1.../s1. The van der Waals surface area contributed by atoms with E-state index in [1.165, 1.54) is 20.1 Å². The molecule has 33 N–H and O–H groups in total. The van der Waals surface area contributed by atoms with E-state index in [9.17, 15) is 165 Å². The van der Waals surface area contributed by atoms with Gasteiger partial charge in [-0.2, -0.15) is 0 Å². The second-order valence-corrected chi connectivity index (χ2v) is 33.4. The predicted octanol–water partition coefficient (Wildman–Crippen LogP) is -29.0. The molecule has 65 heteroatoms. The van der Waals surface area contributed by atoms with Gasteiger partial charge in [0.15, 0.2) is 75.1 Å². The largest absolute Gasteiger partial charge is 1.00 e. The number of rotatable bonds is 32. The molecule has 0 aromatic carbocycles. The first-order valence-electron chi connectivity index (χ1n) is 42.4. The molecule has 63 nitrogen and oxygen atoms in total. The number of carboxylic acids is 1. The van der Waals surface area contributed by atoms with Crippen LogP contribution in [0.4, 0.5) is 9.59 Å². The minimum atomic E-state index is -2.56. The average molecular weight is 2040 g/mol. The van der Waals surface area contributed by atoms with Gasteiger partial charge in [-0.15, -0.1) is 0 Å². The molecule has 0 saturated carbocycles. The molecule has 10 fully saturated rings. The third kappa shape index (κ3) is 28.0. The first-order valence-corrected chi connectivity index (χ1v) is 42.4. The molecule has 10 aliphatic rings. The maximum atomic E-state index is 14.7. The number of aliphatic hydroxyl groups is 22. The molecule has 10 aliphatic heterocycles. The summed E-state index contributed by atoms with van der Waals surface area (Å²) in [5.41, 5.74) is 7.52. The van der Waals surface area contributed by atoms with Gasteiger partial charge in [-0.25, -0.2) is 26.7 Å². The van der Waals surface area contributed by atoms with Crippen molar-refractivity contribution in [1.82, 2.24) is 53.6 Å². The third-order valence-corrected chi connectivity index (χ3v) is 24.0. The summed E-state index contributed by atoms with van der Waals surface area (Å²) < 4.78 is 109. The summed E-state index contributed by atoms with van der Waals surface area (Å²) in [6.07, 6.45) is -91.4. The molecular weight excluding hydrogens is 1920 g/mol. The number of carbonyl (C=O) groups is 9. The molecule has 10 rings (SSSR count). The number of methoxy groups -OCH3 is 2. The smallest absolute Gasteiger partial charge is 0.870 e. The maximum Gasteiger partial charge on any atom is 1.00 e. The van der Waals surface area contributed by atoms with Gasteiger partial charge in [0, 0.05) is 60.9 Å². The molecule has 10 amide bonds. The summed E-state index contributed by atoms with van der Waals surface area (Å²) in [7, 11) is 2.17. The minimum Gasteiger partial charge on any atom is -0.870 e. The van der Waals surface area contributed by atoms with Crippen LogP contribution in [-0.2, 0) is 128 Å². The van der Waals surface area contributed by atoms with E-state index in [0.29, 0.717) is 0 Å². The zero-order valence-electron chi connectivity index (χ0n) is 75.6. The van der Waals surface area contributed by atoms with Gasteiger partial charge in [-0.3, -0.25) is 39.6 Å². The first kappa shape index (κ1) is 121. The Balaban J connectivity index is 0.00000876. The van der Waals surface area contributed by atoms with E-state index >= 15 is 0 Å². The zero-order chi connectivity index (χ0) is 101. The summed E-state index contributed by atoms with van der Waals surface area (Å²) in [4.78, 5) is 132. The maximum absolute atomic E-state index is 14.7. The number of hydrogen-bond donors (Lipinski definition) is 32. The number of carbonyl (C=O) groups excluding carboxylic acids is 10. The molecule has 50 atom stereocenters. The van der Waals surface area contributed by atoms with Gasteiger partial charge in [-0.1, -0.05) is 13.8 Å². The topological polar surface area (TPSA) is 964 Å². The Labute approximate surface area is 830 Å². The van der Waals surface area contributed by atoms with Crippen molar-refractivity contribution in [2.45, 2.75) is 336 Å². The van der Waals surface area contributed by atoms with Crippen LogP contribution in [0.2, 0.25) is 0 Å². The fourth-order valence-electron chi connectivity index (χ4n) is 16.7. The van der Waals surface area contributed by atoms with E-state index in [4.69, 9.17) is 90.0 Å². The van der Waals surface area contributed by atoms with E-state index in [1.807, 2.05) is 21.7 Å². The van der Waals surface area contributed by atoms with Crippen LogP contribution in [0.25, 0.3) is 0 Å². The van der Waals surface area contributed by atoms with E-state index in [1.54, 1.807) is 0 Å². The Morgan fingerprint density at radius 1 is 0.302 bits per heavy atom. The van der Waals surface area contributed by atoms with Gasteiger partial charge in [-0.05, 0) is 12.0 Å². The fourth-order valence-corrected chi connectivity index (χ4v) is 16.7. The van der Waals surface area contributed by atoms with Crippen molar-refractivity contribution < 1.29 is 320 Å². The number of aliphatic carboxylic acids is 1. The summed E-state index contributed by atoms with van der Waals surface area (Å²) in [5.74, 6) is -11.2. The van der Waals surface area contributed by atoms with E-state index < -0.39 is 399 Å². The van der Waals surface area contributed by atoms with Crippen molar-refractivity contribution in [2.24, 2.45) is 11.8 Å². The van der Waals surface area contributed by atoms with Gasteiger partial charge in [0.2, 0.25) is 23.6 Å². The molecule has 0 aliphatic carbocycles. The van der Waals surface area contributed by atoms with Crippen LogP contribution in [0.5, 0.6) is 0 Å². The molecule has 139 heavy (non-hydrogen) atoms. The van der Waals surface area contributed by atoms with Crippen molar-refractivity contribution in [1.29, 1.82) is 0 Å². The van der Waals surface area contributed by atoms with Crippen molar-refractivity contribution in [3.05, 3.63) is 0 Å². The van der Waals surface area contributed by atoms with Crippen molar-refractivity contribution in [3.63, 3.8) is 0 Å². The van der Waals surface area contributed by atoms with Gasteiger partial charge >= 0.3 is 71.2 Å². The van der Waals surface area contributed by atoms with Gasteiger partial charge in [0.05, 0.1) is 44.6 Å². The van der Waals surface area contributed by atoms with Crippen LogP contribution >= 0.6 is 0 Å². The van der Waals surface area contributed by atoms with Crippen LogP contribution < -0.4 is 118 Å². The Morgan fingerprint density at radius 3 is 0.856 bits per heavy atom. The third-order valence-electron chi connectivity index (χ3n) is 24.0. The summed E-state index contributed by atoms with van der Waals surface area (Å²) in [6.45, 7) is 0.169. The van der Waals surface area contributed by atoms with Crippen LogP contribution in [0.1, 0.15) is 41.5 Å². The number of aliphatic hydroxyl groups excluding tert-OH is 22. The number of amides is 10. The molecule has 786 valence electrons. The van der Waals surface area contributed by atoms with Gasteiger partial charge in [0.25, 0.3) is 11.8 Å². The number of ether oxygens (including phenoxy) is 19. The molecule has 0 radical (unpaired) electrons. The van der Waals surface area contributed by atoms with Crippen LogP contribution in [0, 0.1) is 11.8 Å². The van der Waals surface area contributed by atoms with Crippen LogP contribution in [-0.4, -0.2) is 526 Å². The summed E-state index contributed by atoms with van der Waals surface area (Å²) in [5, 5.41) is 272. The van der Waals surface area contributed by atoms with Crippen LogP contribution in [0.15, 0.2) is 0 Å². The number of hydrogen-bond acceptors (Lipinski definition) is 53. The molecule has 20 unspecified atom stereocenters. The van der Waals surface area contributed by atoms with Crippen molar-refractivity contribution in [2.75, 3.05) is 53.7 Å². The number of hydrazine groups is 2. The molecule has 0 aromatic rings. The summed E-state index contributed by atoms with van der Waals surface area (Å²) >= 11 is 0. The first-order chi connectivity index (χ1) is 64.2. The summed E-state index contributed by atoms with van der Waals surface area (Å²) in [6, 6.07) is -10.1. The van der Waals surface area contributed by atoms with Crippen molar-refractivity contribution >= 4 is 59.8 Å². The normalized spacial score (nSPS) is 44.5. The molecule has 0 bridgehead atoms. The second-order valence-electron chi connectivity index (χ2n) is 33.4. The van der Waals surface area contributed by atoms with Gasteiger partial charge < -0.3 is 254 Å². The molecule has 0 aromatic heterocycles. The predicted molar refractivity (Wildman–Crippen MR) is 418 cm³/mol. The Kier molecular flexibility index (Phi) is 46.4. The minimum absolute atomic E-state index is 0. The Bertz CT molecular complexity index is 3960. The Hall–Kier alpha value is -5.18. The number of urea groups is 2. The van der Waals surface area contributed by atoms with Gasteiger partial charge in [0.1, 0.15) is 201 Å². The quantitative estimate of drug-likeness (QED) is 0.0169. The van der Waals surface area contributed by atoms with Crippen LogP contribution in [0.3, 0.4) is 0 Å². The van der Waals surface area contributed by atoms with E-state index in [0.717, 1.165) is 41.9 Å². The molecular formula is C74H119N10Na2O53-. The monoisotopic (exact) mass is 2040 g/mol. The molecule has 10 saturated heterocycles. The zero-order valence-corrected chi connectivity index (χ0v) is 79.6. The molecule has 10 heterocycles. The van der Waals surface area contributed by atoms with E-state index in [-0.39, 0.29) is 64.6 Å². The molecule has 0 spiro atoms. The number of nitrogens with one attached hydrogen (secondary N) is 10. The Morgan fingerprint density at radius 2 is 0.561 bits per heavy atom. The SMILES string of the molecule is CO[C@@H]1OC(CO)[C@@H](O)[C@H](OC2OC(C(=O)NNC(=O)NCC3O[C@H](O[C@H]4OC(CNC(=O)NNC(=O)C5O[C@@H](O[C@@H]6C(NC(C)=O)[C@H](OC)OC(CO)[C@H]6O)C(O)[C@@H](O)[C@@H]5O[C@@H]5OC(CO)[C@@H](O)[C@H](O[C@@H]6OC(C(=O)[O-])[C@@H](C)[C@H](O)C6O)C5NC(C)=O)[C@@H](O)[C@H](O)C4O)C(O)[C@@H](O)[C@@H]3O)[C@@H](O[C@@H]3OC(CO)[C@@H](O)[C@H](O[C@@H]4OC([C-]=O)[C@@H](C)[C@H](O)C4O)C3NC(C)=O)[C@H](O)[C@@H]2O)C1NC(C)=O.[Na+].[Na+].[OH-]. The fraction of sp³-hybridized carbons (Fsp3) is 0.865. The van der Waals surface area contributed by atoms with E-state index in [2.05, 4.69) is 31.9 Å².